The number of rotatable bonds is 3. The summed E-state index contributed by atoms with van der Waals surface area (Å²) in [6, 6.07) is 0.322. The first-order valence-corrected chi connectivity index (χ1v) is 7.84. The Bertz CT molecular complexity index is 418. The molecule has 0 aliphatic carbocycles. The summed E-state index contributed by atoms with van der Waals surface area (Å²) < 4.78 is 1.87. The van der Waals surface area contributed by atoms with Crippen LogP contribution in [0.1, 0.15) is 51.6 Å². The molecule has 0 aromatic carbocycles. The summed E-state index contributed by atoms with van der Waals surface area (Å²) in [6.45, 7) is 10.1. The van der Waals surface area contributed by atoms with Gasteiger partial charge in [-0.25, -0.2) is 0 Å². The van der Waals surface area contributed by atoms with Crippen LogP contribution in [0.25, 0.3) is 0 Å². The number of aryl methyl sites for hydroxylation is 1. The lowest BCUT2D eigenvalue weighted by molar-refractivity contribution is 0.185. The van der Waals surface area contributed by atoms with Crippen molar-refractivity contribution in [1.29, 1.82) is 0 Å². The van der Waals surface area contributed by atoms with Crippen molar-refractivity contribution in [1.82, 2.24) is 14.7 Å². The maximum Gasteiger partial charge on any atom is 0.0538 e. The third kappa shape index (κ3) is 3.61. The summed E-state index contributed by atoms with van der Waals surface area (Å²) in [5.74, 6) is 0.819. The van der Waals surface area contributed by atoms with E-state index in [-0.39, 0.29) is 0 Å². The van der Waals surface area contributed by atoms with Crippen molar-refractivity contribution in [3.63, 3.8) is 0 Å². The lowest BCUT2D eigenvalue weighted by atomic mass is 9.77. The predicted octanol–water partition coefficient (Wildman–Crippen LogP) is 2.57. The van der Waals surface area contributed by atoms with Gasteiger partial charge in [0.2, 0.25) is 0 Å². The summed E-state index contributed by atoms with van der Waals surface area (Å²) in [7, 11) is 1.97. The molecule has 20 heavy (non-hydrogen) atoms. The highest BCUT2D eigenvalue weighted by Gasteiger charge is 2.29. The quantitative estimate of drug-likeness (QED) is 0.924. The fraction of sp³-hybridized carbons (Fsp3) is 0.812. The molecule has 2 N–H and O–H groups in total. The highest BCUT2D eigenvalue weighted by atomic mass is 15.3. The molecule has 2 unspecified atom stereocenters. The maximum absolute atomic E-state index is 6.04. The monoisotopic (exact) mass is 278 g/mol. The van der Waals surface area contributed by atoms with Crippen molar-refractivity contribution in [2.24, 2.45) is 24.1 Å². The Labute approximate surface area is 123 Å². The van der Waals surface area contributed by atoms with Crippen molar-refractivity contribution >= 4 is 0 Å². The second-order valence-electron chi connectivity index (χ2n) is 7.23. The van der Waals surface area contributed by atoms with E-state index in [1.54, 1.807) is 0 Å². The molecule has 1 fully saturated rings. The first kappa shape index (κ1) is 15.5. The van der Waals surface area contributed by atoms with Gasteiger partial charge in [-0.05, 0) is 43.7 Å². The van der Waals surface area contributed by atoms with Gasteiger partial charge in [0.15, 0.2) is 0 Å². The van der Waals surface area contributed by atoms with Crippen molar-refractivity contribution in [2.45, 2.75) is 46.1 Å². The Balaban J connectivity index is 2.05. The van der Waals surface area contributed by atoms with Crippen LogP contribution in [-0.4, -0.2) is 34.3 Å². The molecule has 4 heteroatoms. The van der Waals surface area contributed by atoms with Crippen LogP contribution in [0.4, 0.5) is 0 Å². The van der Waals surface area contributed by atoms with E-state index in [0.29, 0.717) is 18.0 Å². The van der Waals surface area contributed by atoms with Crippen LogP contribution in [0, 0.1) is 11.3 Å². The van der Waals surface area contributed by atoms with E-state index in [1.807, 2.05) is 17.9 Å². The molecule has 1 aromatic heterocycles. The molecular weight excluding hydrogens is 248 g/mol. The highest BCUT2D eigenvalue weighted by molar-refractivity contribution is 5.11. The van der Waals surface area contributed by atoms with Gasteiger partial charge in [0.25, 0.3) is 0 Å². The predicted molar refractivity (Wildman–Crippen MR) is 83.4 cm³/mol. The zero-order chi connectivity index (χ0) is 14.8. The van der Waals surface area contributed by atoms with Crippen LogP contribution in [0.15, 0.2) is 12.4 Å². The first-order valence-electron chi connectivity index (χ1n) is 7.84. The minimum atomic E-state index is 0.322. The van der Waals surface area contributed by atoms with E-state index in [2.05, 4.69) is 37.0 Å². The summed E-state index contributed by atoms with van der Waals surface area (Å²) in [5, 5.41) is 4.29. The molecule has 1 aliphatic rings. The molecule has 0 spiro atoms. The third-order valence-electron chi connectivity index (χ3n) is 4.76. The third-order valence-corrected chi connectivity index (χ3v) is 4.76. The Kier molecular flexibility index (Phi) is 4.86. The van der Waals surface area contributed by atoms with Gasteiger partial charge in [-0.3, -0.25) is 9.58 Å². The van der Waals surface area contributed by atoms with E-state index in [9.17, 15) is 0 Å². The second kappa shape index (κ2) is 6.27. The molecule has 114 valence electrons. The molecule has 1 aromatic rings. The van der Waals surface area contributed by atoms with Gasteiger partial charge in [-0.2, -0.15) is 5.10 Å². The second-order valence-corrected chi connectivity index (χ2v) is 7.23. The average Bonchev–Trinajstić information content (AvgIpc) is 2.64. The van der Waals surface area contributed by atoms with Gasteiger partial charge in [0.05, 0.1) is 12.2 Å². The maximum atomic E-state index is 6.04. The summed E-state index contributed by atoms with van der Waals surface area (Å²) >= 11 is 0. The van der Waals surface area contributed by atoms with Crippen molar-refractivity contribution in [3.05, 3.63) is 18.0 Å². The van der Waals surface area contributed by atoms with Crippen molar-refractivity contribution < 1.29 is 0 Å². The molecule has 1 aliphatic heterocycles. The minimum Gasteiger partial charge on any atom is -0.329 e. The zero-order valence-electron chi connectivity index (χ0n) is 13.5. The van der Waals surface area contributed by atoms with Crippen LogP contribution in [0.5, 0.6) is 0 Å². The summed E-state index contributed by atoms with van der Waals surface area (Å²) in [6.07, 6.45) is 7.95. The molecule has 2 heterocycles. The Hall–Kier alpha value is -0.870. The standard InChI is InChI=1S/C16H30N4/c1-16(2,3)14-6-5-8-20(9-7-14)15(10-17)13-11-18-19(4)12-13/h11-12,14-15H,5-10,17H2,1-4H3. The van der Waals surface area contributed by atoms with Gasteiger partial charge in [0, 0.05) is 25.4 Å². The fourth-order valence-corrected chi connectivity index (χ4v) is 3.40. The molecule has 0 bridgehead atoms. The van der Waals surface area contributed by atoms with Gasteiger partial charge >= 0.3 is 0 Å². The van der Waals surface area contributed by atoms with Crippen LogP contribution in [-0.2, 0) is 7.05 Å². The number of nitrogens with zero attached hydrogens (tertiary/aromatic N) is 3. The molecule has 2 atom stereocenters. The van der Waals surface area contributed by atoms with E-state index in [4.69, 9.17) is 5.73 Å². The van der Waals surface area contributed by atoms with E-state index in [1.165, 1.54) is 24.8 Å². The van der Waals surface area contributed by atoms with Crippen molar-refractivity contribution in [3.8, 4) is 0 Å². The van der Waals surface area contributed by atoms with Gasteiger partial charge < -0.3 is 5.73 Å². The summed E-state index contributed by atoms with van der Waals surface area (Å²) in [4.78, 5) is 2.56. The Morgan fingerprint density at radius 2 is 2.10 bits per heavy atom. The first-order chi connectivity index (χ1) is 9.41. The van der Waals surface area contributed by atoms with E-state index in [0.717, 1.165) is 19.0 Å². The van der Waals surface area contributed by atoms with Gasteiger partial charge in [-0.15, -0.1) is 0 Å². The molecule has 0 amide bonds. The van der Waals surface area contributed by atoms with Gasteiger partial charge in [0.1, 0.15) is 0 Å². The zero-order valence-corrected chi connectivity index (χ0v) is 13.5. The molecular formula is C16H30N4. The normalized spacial score (nSPS) is 23.6. The number of likely N-dealkylation sites (tertiary alicyclic amines) is 1. The van der Waals surface area contributed by atoms with Crippen LogP contribution >= 0.6 is 0 Å². The number of hydrogen-bond donors (Lipinski definition) is 1. The molecule has 0 radical (unpaired) electrons. The van der Waals surface area contributed by atoms with Crippen LogP contribution in [0.3, 0.4) is 0 Å². The van der Waals surface area contributed by atoms with Crippen LogP contribution in [0.2, 0.25) is 0 Å². The largest absolute Gasteiger partial charge is 0.329 e. The molecule has 0 saturated carbocycles. The van der Waals surface area contributed by atoms with E-state index >= 15 is 0 Å². The lowest BCUT2D eigenvalue weighted by Gasteiger charge is -2.31. The SMILES string of the molecule is Cn1cc(C(CN)N2CCCC(C(C)(C)C)CC2)cn1. The molecule has 2 rings (SSSR count). The topological polar surface area (TPSA) is 47.1 Å². The Morgan fingerprint density at radius 3 is 2.65 bits per heavy atom. The number of hydrogen-bond acceptors (Lipinski definition) is 3. The smallest absolute Gasteiger partial charge is 0.0538 e. The highest BCUT2D eigenvalue weighted by Crippen LogP contribution is 2.35. The van der Waals surface area contributed by atoms with Gasteiger partial charge in [-0.1, -0.05) is 20.8 Å². The van der Waals surface area contributed by atoms with E-state index < -0.39 is 0 Å². The minimum absolute atomic E-state index is 0.322. The number of aromatic nitrogens is 2. The molecule has 1 saturated heterocycles. The fourth-order valence-electron chi connectivity index (χ4n) is 3.40. The van der Waals surface area contributed by atoms with Crippen LogP contribution < -0.4 is 5.73 Å². The lowest BCUT2D eigenvalue weighted by Crippen LogP contribution is -2.34. The Morgan fingerprint density at radius 1 is 1.35 bits per heavy atom. The summed E-state index contributed by atoms with van der Waals surface area (Å²) in [5.41, 5.74) is 7.71. The molecule has 4 nitrogen and oxygen atoms in total. The number of nitrogens with two attached hydrogens (primary N) is 1. The van der Waals surface area contributed by atoms with Crippen molar-refractivity contribution in [2.75, 3.05) is 19.6 Å². The average molecular weight is 278 g/mol.